The van der Waals surface area contributed by atoms with Crippen LogP contribution >= 0.6 is 11.3 Å². The van der Waals surface area contributed by atoms with Gasteiger partial charge in [0, 0.05) is 22.9 Å². The predicted octanol–water partition coefficient (Wildman–Crippen LogP) is 5.76. The number of carboxylic acids is 1. The fourth-order valence-corrected chi connectivity index (χ4v) is 5.52. The van der Waals surface area contributed by atoms with Gasteiger partial charge in [-0.05, 0) is 47.0 Å². The lowest BCUT2D eigenvalue weighted by Gasteiger charge is -2.12. The molecule has 2 aromatic heterocycles. The first-order valence-electron chi connectivity index (χ1n) is 11.7. The molecule has 0 saturated heterocycles. The largest absolute Gasteiger partial charge is 0.476 e. The van der Waals surface area contributed by atoms with Crippen molar-refractivity contribution < 1.29 is 35.9 Å². The van der Waals surface area contributed by atoms with Crippen molar-refractivity contribution in [3.8, 4) is 27.5 Å². The molecule has 2 heterocycles. The quantitative estimate of drug-likeness (QED) is 0.228. The Bertz CT molecular complexity index is 1880. The molecule has 0 radical (unpaired) electrons. The van der Waals surface area contributed by atoms with Crippen molar-refractivity contribution >= 4 is 27.3 Å². The second-order valence-corrected chi connectivity index (χ2v) is 11.3. The zero-order valence-corrected chi connectivity index (χ0v) is 22.3. The van der Waals surface area contributed by atoms with E-state index in [2.05, 4.69) is 10.1 Å². The van der Waals surface area contributed by atoms with Crippen LogP contribution in [0.15, 0.2) is 83.1 Å². The molecule has 210 valence electrons. The lowest BCUT2D eigenvalue weighted by molar-refractivity contribution is -0.143. The molecule has 0 spiro atoms. The van der Waals surface area contributed by atoms with E-state index in [1.165, 1.54) is 42.5 Å². The van der Waals surface area contributed by atoms with Gasteiger partial charge in [-0.15, -0.1) is 11.3 Å². The zero-order chi connectivity index (χ0) is 29.5. The standard InChI is InChI=1S/C27H18F4N4O4S2/c28-19-6-2-4-17(13-19)16-3-1-5-18(12-16)23-21(11-15-7-9-20(10-8-15)41(32,38)39)24(27(29,30)31)35(34-23)26-33-22(14-40-26)25(36)37/h1-10,12-14H,11H2,(H,36,37)(H2,32,38,39). The van der Waals surface area contributed by atoms with Crippen LogP contribution in [-0.4, -0.2) is 34.3 Å². The Morgan fingerprint density at radius 1 is 0.976 bits per heavy atom. The molecule has 0 saturated carbocycles. The first-order valence-corrected chi connectivity index (χ1v) is 14.1. The Balaban J connectivity index is 1.72. The smallest absolute Gasteiger partial charge is 0.433 e. The topological polar surface area (TPSA) is 128 Å². The molecule has 0 atom stereocenters. The molecule has 14 heteroatoms. The molecule has 0 aliphatic rings. The van der Waals surface area contributed by atoms with Crippen LogP contribution in [0.5, 0.6) is 0 Å². The number of benzene rings is 3. The lowest BCUT2D eigenvalue weighted by Crippen LogP contribution is -2.16. The summed E-state index contributed by atoms with van der Waals surface area (Å²) >= 11 is 0.677. The van der Waals surface area contributed by atoms with E-state index in [1.807, 2.05) is 0 Å². The average molecular weight is 603 g/mol. The minimum Gasteiger partial charge on any atom is -0.476 e. The first-order chi connectivity index (χ1) is 19.3. The summed E-state index contributed by atoms with van der Waals surface area (Å²) in [4.78, 5) is 15.0. The molecular weight excluding hydrogens is 584 g/mol. The van der Waals surface area contributed by atoms with Crippen molar-refractivity contribution in [3.63, 3.8) is 0 Å². The Labute approximate surface area is 234 Å². The summed E-state index contributed by atoms with van der Waals surface area (Å²) in [7, 11) is -4.02. The van der Waals surface area contributed by atoms with Gasteiger partial charge in [0.1, 0.15) is 5.82 Å². The molecule has 0 aliphatic heterocycles. The number of thiazole rings is 1. The first kappa shape index (κ1) is 28.1. The number of hydrogen-bond donors (Lipinski definition) is 2. The Kier molecular flexibility index (Phi) is 7.23. The summed E-state index contributed by atoms with van der Waals surface area (Å²) in [6.45, 7) is 0. The molecule has 5 rings (SSSR count). The number of primary sulfonamides is 1. The summed E-state index contributed by atoms with van der Waals surface area (Å²) in [5, 5.41) is 19.5. The Hall–Kier alpha value is -4.40. The minimum atomic E-state index is -4.95. The van der Waals surface area contributed by atoms with Crippen molar-refractivity contribution in [3.05, 3.63) is 107 Å². The third-order valence-corrected chi connectivity index (χ3v) is 7.82. The average Bonchev–Trinajstić information content (AvgIpc) is 3.54. The molecular formula is C27H18F4N4O4S2. The molecule has 3 N–H and O–H groups in total. The highest BCUT2D eigenvalue weighted by Crippen LogP contribution is 2.40. The number of nitrogens with two attached hydrogens (primary N) is 1. The highest BCUT2D eigenvalue weighted by molar-refractivity contribution is 7.89. The van der Waals surface area contributed by atoms with E-state index in [4.69, 9.17) is 5.14 Å². The molecule has 0 amide bonds. The predicted molar refractivity (Wildman–Crippen MR) is 143 cm³/mol. The molecule has 0 fully saturated rings. The number of aromatic carboxylic acids is 1. The number of alkyl halides is 3. The molecule has 0 aliphatic carbocycles. The van der Waals surface area contributed by atoms with Crippen LogP contribution in [0.1, 0.15) is 27.3 Å². The van der Waals surface area contributed by atoms with Crippen molar-refractivity contribution in [1.29, 1.82) is 0 Å². The second-order valence-electron chi connectivity index (χ2n) is 8.86. The number of carboxylic acid groups (broad SMARTS) is 1. The lowest BCUT2D eigenvalue weighted by atomic mass is 9.96. The van der Waals surface area contributed by atoms with Gasteiger partial charge < -0.3 is 5.11 Å². The van der Waals surface area contributed by atoms with Gasteiger partial charge in [-0.2, -0.15) is 18.3 Å². The summed E-state index contributed by atoms with van der Waals surface area (Å²) in [5.41, 5.74) is -0.321. The van der Waals surface area contributed by atoms with E-state index in [9.17, 15) is 35.9 Å². The normalized spacial score (nSPS) is 12.0. The maximum atomic E-state index is 14.7. The maximum Gasteiger partial charge on any atom is 0.433 e. The van der Waals surface area contributed by atoms with Crippen molar-refractivity contribution in [1.82, 2.24) is 14.8 Å². The van der Waals surface area contributed by atoms with Crippen LogP contribution in [-0.2, 0) is 22.6 Å². The number of halogens is 4. The maximum absolute atomic E-state index is 14.7. The molecule has 0 unspecified atom stereocenters. The second kappa shape index (κ2) is 10.5. The van der Waals surface area contributed by atoms with Gasteiger partial charge in [0.05, 0.1) is 10.6 Å². The van der Waals surface area contributed by atoms with Gasteiger partial charge in [0.2, 0.25) is 15.2 Å². The van der Waals surface area contributed by atoms with E-state index >= 15 is 0 Å². The van der Waals surface area contributed by atoms with E-state index in [0.29, 0.717) is 32.7 Å². The van der Waals surface area contributed by atoms with Crippen LogP contribution in [0.25, 0.3) is 27.5 Å². The fourth-order valence-electron chi connectivity index (χ4n) is 4.25. The Morgan fingerprint density at radius 3 is 2.20 bits per heavy atom. The van der Waals surface area contributed by atoms with Crippen LogP contribution in [0.2, 0.25) is 0 Å². The summed E-state index contributed by atoms with van der Waals surface area (Å²) in [6.07, 6.45) is -5.27. The minimum absolute atomic E-state index is 0.0711. The van der Waals surface area contributed by atoms with Crippen LogP contribution < -0.4 is 5.14 Å². The van der Waals surface area contributed by atoms with Gasteiger partial charge in [0.15, 0.2) is 11.4 Å². The van der Waals surface area contributed by atoms with Crippen LogP contribution in [0, 0.1) is 5.82 Å². The summed E-state index contributed by atoms with van der Waals surface area (Å²) < 4.78 is 81.7. The van der Waals surface area contributed by atoms with Gasteiger partial charge in [-0.3, -0.25) is 0 Å². The number of hydrogen-bond acceptors (Lipinski definition) is 6. The van der Waals surface area contributed by atoms with Crippen molar-refractivity contribution in [2.24, 2.45) is 5.14 Å². The number of carbonyl (C=O) groups is 1. The number of sulfonamides is 1. The molecule has 8 nitrogen and oxygen atoms in total. The number of nitrogens with zero attached hydrogens (tertiary/aromatic N) is 3. The third kappa shape index (κ3) is 5.89. The molecule has 5 aromatic rings. The molecule has 0 bridgehead atoms. The number of aromatic nitrogens is 3. The third-order valence-electron chi connectivity index (χ3n) is 6.07. The van der Waals surface area contributed by atoms with Crippen molar-refractivity contribution in [2.75, 3.05) is 0 Å². The van der Waals surface area contributed by atoms with E-state index < -0.39 is 39.4 Å². The van der Waals surface area contributed by atoms with E-state index in [1.54, 1.807) is 30.3 Å². The zero-order valence-electron chi connectivity index (χ0n) is 20.6. The van der Waals surface area contributed by atoms with Crippen molar-refractivity contribution in [2.45, 2.75) is 17.5 Å². The number of rotatable bonds is 7. The van der Waals surface area contributed by atoms with E-state index in [0.717, 1.165) is 5.38 Å². The SMILES string of the molecule is NS(=O)(=O)c1ccc(Cc2c(-c3cccc(-c4cccc(F)c4)c3)nn(-c3nc(C(=O)O)cs3)c2C(F)(F)F)cc1. The molecule has 3 aromatic carbocycles. The van der Waals surface area contributed by atoms with Gasteiger partial charge in [-0.25, -0.2) is 32.4 Å². The highest BCUT2D eigenvalue weighted by atomic mass is 32.2. The van der Waals surface area contributed by atoms with Gasteiger partial charge >= 0.3 is 12.1 Å². The molecule has 41 heavy (non-hydrogen) atoms. The van der Waals surface area contributed by atoms with Crippen LogP contribution in [0.3, 0.4) is 0 Å². The fraction of sp³-hybridized carbons (Fsp3) is 0.0741. The highest BCUT2D eigenvalue weighted by Gasteiger charge is 2.41. The van der Waals surface area contributed by atoms with E-state index in [-0.39, 0.29) is 33.3 Å². The van der Waals surface area contributed by atoms with Gasteiger partial charge in [-0.1, -0.05) is 42.5 Å². The van der Waals surface area contributed by atoms with Crippen LogP contribution in [0.4, 0.5) is 17.6 Å². The van der Waals surface area contributed by atoms with Gasteiger partial charge in [0.25, 0.3) is 0 Å². The summed E-state index contributed by atoms with van der Waals surface area (Å²) in [5.74, 6) is -1.90. The summed E-state index contributed by atoms with van der Waals surface area (Å²) in [6, 6.07) is 17.2. The Morgan fingerprint density at radius 2 is 1.61 bits per heavy atom. The monoisotopic (exact) mass is 602 g/mol.